The third-order valence-electron chi connectivity index (χ3n) is 14.7. The molecule has 6 aliphatic rings. The molecule has 2 saturated heterocycles. The summed E-state index contributed by atoms with van der Waals surface area (Å²) in [5, 5.41) is 89.2. The zero-order chi connectivity index (χ0) is 40.1. The molecule has 4 aliphatic carbocycles. The van der Waals surface area contributed by atoms with Gasteiger partial charge in [0.1, 0.15) is 54.9 Å². The molecular formula is C41H70O14. The average Bonchev–Trinajstić information content (AvgIpc) is 3.71. The van der Waals surface area contributed by atoms with Crippen LogP contribution in [0.25, 0.3) is 0 Å². The van der Waals surface area contributed by atoms with E-state index in [1.807, 2.05) is 0 Å². The Bertz CT molecular complexity index is 1320. The molecule has 14 heteroatoms. The Morgan fingerprint density at radius 3 is 2.05 bits per heavy atom. The van der Waals surface area contributed by atoms with E-state index in [1.54, 1.807) is 0 Å². The second-order valence-electron chi connectivity index (χ2n) is 18.7. The predicted molar refractivity (Wildman–Crippen MR) is 198 cm³/mol. The average molecular weight is 787 g/mol. The van der Waals surface area contributed by atoms with Gasteiger partial charge in [-0.2, -0.15) is 0 Å². The lowest BCUT2D eigenvalue weighted by Crippen LogP contribution is -2.58. The van der Waals surface area contributed by atoms with Crippen LogP contribution in [0, 0.1) is 40.4 Å². The minimum atomic E-state index is -1.58. The van der Waals surface area contributed by atoms with E-state index < -0.39 is 85.8 Å². The van der Waals surface area contributed by atoms with Crippen molar-refractivity contribution in [1.82, 2.24) is 0 Å². The van der Waals surface area contributed by atoms with Crippen molar-refractivity contribution < 1.29 is 69.3 Å². The molecule has 14 nitrogen and oxygen atoms in total. The van der Waals surface area contributed by atoms with Crippen LogP contribution in [0.3, 0.4) is 0 Å². The highest BCUT2D eigenvalue weighted by molar-refractivity contribution is 5.39. The minimum absolute atomic E-state index is 0.0255. The number of aliphatic hydroxyl groups excluding tert-OH is 8. The first-order chi connectivity index (χ1) is 26.0. The van der Waals surface area contributed by atoms with Gasteiger partial charge < -0.3 is 69.3 Å². The number of hydrogen-bond acceptors (Lipinski definition) is 14. The highest BCUT2D eigenvalue weighted by Gasteiger charge is 2.63. The van der Waals surface area contributed by atoms with E-state index in [1.165, 1.54) is 14.2 Å². The first-order valence-electron chi connectivity index (χ1n) is 20.8. The van der Waals surface area contributed by atoms with Gasteiger partial charge in [-0.1, -0.05) is 59.5 Å². The van der Waals surface area contributed by atoms with E-state index in [2.05, 4.69) is 34.6 Å². The SMILES string of the molecule is COCC(O)C1OC(OC2C(O)C(OC3CC4=C5C(O)C(O)C6CC(O)CCC6(C)C5CCC4(C)C3C(C)CCCC(C)C)OC2C(O)COC)C(O)C1O. The Morgan fingerprint density at radius 1 is 0.764 bits per heavy atom. The number of ether oxygens (including phenoxy) is 6. The van der Waals surface area contributed by atoms with Gasteiger partial charge in [0.25, 0.3) is 0 Å². The van der Waals surface area contributed by atoms with Crippen LogP contribution in [0.1, 0.15) is 92.4 Å². The molecule has 0 aromatic carbocycles. The van der Waals surface area contributed by atoms with Crippen LogP contribution in [-0.4, -0.2) is 154 Å². The van der Waals surface area contributed by atoms with Gasteiger partial charge in [0.15, 0.2) is 12.6 Å². The van der Waals surface area contributed by atoms with Gasteiger partial charge in [0, 0.05) is 14.2 Å². The molecular weight excluding hydrogens is 716 g/mol. The molecule has 55 heavy (non-hydrogen) atoms. The van der Waals surface area contributed by atoms with Crippen LogP contribution in [-0.2, 0) is 28.4 Å². The highest BCUT2D eigenvalue weighted by Crippen LogP contribution is 2.66. The van der Waals surface area contributed by atoms with E-state index >= 15 is 0 Å². The van der Waals surface area contributed by atoms with E-state index in [-0.39, 0.29) is 47.7 Å². The Balaban J connectivity index is 1.30. The highest BCUT2D eigenvalue weighted by atomic mass is 16.8. The minimum Gasteiger partial charge on any atom is -0.393 e. The molecule has 0 spiro atoms. The molecule has 0 radical (unpaired) electrons. The molecule has 5 fully saturated rings. The van der Waals surface area contributed by atoms with Crippen molar-refractivity contribution >= 4 is 0 Å². The van der Waals surface area contributed by atoms with E-state index in [9.17, 15) is 40.9 Å². The predicted octanol–water partition coefficient (Wildman–Crippen LogP) is 1.40. The van der Waals surface area contributed by atoms with Crippen molar-refractivity contribution in [2.24, 2.45) is 40.4 Å². The number of methoxy groups -OCH3 is 2. The summed E-state index contributed by atoms with van der Waals surface area (Å²) < 4.78 is 35.2. The zero-order valence-electron chi connectivity index (χ0n) is 33.8. The number of aliphatic hydroxyl groups is 8. The van der Waals surface area contributed by atoms with E-state index in [0.717, 1.165) is 49.7 Å². The molecule has 6 rings (SSSR count). The molecule has 2 aliphatic heterocycles. The van der Waals surface area contributed by atoms with Crippen LogP contribution < -0.4 is 0 Å². The molecule has 318 valence electrons. The largest absolute Gasteiger partial charge is 0.393 e. The molecule has 2 heterocycles. The Labute approximate surface area is 326 Å². The van der Waals surface area contributed by atoms with Crippen LogP contribution in [0.5, 0.6) is 0 Å². The summed E-state index contributed by atoms with van der Waals surface area (Å²) in [6, 6.07) is 0. The summed E-state index contributed by atoms with van der Waals surface area (Å²) in [6.07, 6.45) is -9.29. The smallest absolute Gasteiger partial charge is 0.187 e. The van der Waals surface area contributed by atoms with Crippen molar-refractivity contribution in [2.45, 2.75) is 178 Å². The second-order valence-corrected chi connectivity index (χ2v) is 18.7. The summed E-state index contributed by atoms with van der Waals surface area (Å²) in [6.45, 7) is 10.9. The third kappa shape index (κ3) is 8.09. The van der Waals surface area contributed by atoms with Gasteiger partial charge >= 0.3 is 0 Å². The van der Waals surface area contributed by atoms with Gasteiger partial charge in [-0.3, -0.25) is 0 Å². The molecule has 0 aromatic heterocycles. The molecule has 3 saturated carbocycles. The molecule has 8 N–H and O–H groups in total. The molecule has 20 atom stereocenters. The first-order valence-corrected chi connectivity index (χ1v) is 20.8. The summed E-state index contributed by atoms with van der Waals surface area (Å²) >= 11 is 0. The summed E-state index contributed by atoms with van der Waals surface area (Å²) in [7, 11) is 2.80. The summed E-state index contributed by atoms with van der Waals surface area (Å²) in [5.41, 5.74) is 1.40. The maximum Gasteiger partial charge on any atom is 0.187 e. The number of rotatable bonds is 15. The number of fused-ring (bicyclic) bond motifs is 4. The Kier molecular flexibility index (Phi) is 13.9. The lowest BCUT2D eigenvalue weighted by Gasteiger charge is -2.59. The van der Waals surface area contributed by atoms with Gasteiger partial charge in [-0.25, -0.2) is 0 Å². The Morgan fingerprint density at radius 2 is 1.40 bits per heavy atom. The van der Waals surface area contributed by atoms with Crippen LogP contribution in [0.2, 0.25) is 0 Å². The molecule has 20 unspecified atom stereocenters. The zero-order valence-corrected chi connectivity index (χ0v) is 33.8. The fourth-order valence-corrected chi connectivity index (χ4v) is 11.9. The Hall–Kier alpha value is -0.820. The maximum atomic E-state index is 11.9. The van der Waals surface area contributed by atoms with Crippen molar-refractivity contribution in [3.05, 3.63) is 11.1 Å². The van der Waals surface area contributed by atoms with Crippen LogP contribution in [0.15, 0.2) is 11.1 Å². The van der Waals surface area contributed by atoms with Crippen molar-refractivity contribution in [3.8, 4) is 0 Å². The lowest BCUT2D eigenvalue weighted by atomic mass is 9.47. The van der Waals surface area contributed by atoms with Gasteiger partial charge in [0.2, 0.25) is 0 Å². The van der Waals surface area contributed by atoms with E-state index in [0.29, 0.717) is 25.2 Å². The van der Waals surface area contributed by atoms with Gasteiger partial charge in [-0.15, -0.1) is 0 Å². The first kappa shape index (κ1) is 43.8. The lowest BCUT2D eigenvalue weighted by molar-refractivity contribution is -0.226. The van der Waals surface area contributed by atoms with Crippen LogP contribution in [0.4, 0.5) is 0 Å². The maximum absolute atomic E-state index is 11.9. The van der Waals surface area contributed by atoms with Crippen molar-refractivity contribution in [1.29, 1.82) is 0 Å². The van der Waals surface area contributed by atoms with Crippen molar-refractivity contribution in [2.75, 3.05) is 27.4 Å². The molecule has 0 bridgehead atoms. The molecule has 0 amide bonds. The van der Waals surface area contributed by atoms with Gasteiger partial charge in [0.05, 0.1) is 31.5 Å². The van der Waals surface area contributed by atoms with Crippen LogP contribution >= 0.6 is 0 Å². The van der Waals surface area contributed by atoms with Crippen molar-refractivity contribution in [3.63, 3.8) is 0 Å². The fraction of sp³-hybridized carbons (Fsp3) is 0.951. The summed E-state index contributed by atoms with van der Waals surface area (Å²) in [4.78, 5) is 0. The quantitative estimate of drug-likeness (QED) is 0.110. The van der Waals surface area contributed by atoms with Gasteiger partial charge in [-0.05, 0) is 84.5 Å². The fourth-order valence-electron chi connectivity index (χ4n) is 11.9. The monoisotopic (exact) mass is 786 g/mol. The standard InChI is InChI=1S/C41H70O14/c1-19(2)9-8-10-20(3)29-27(16-23-28-22(12-14-41(23,29)5)40(4)13-11-21(42)15-24(40)30(45)31(28)46)52-39-34(49)37(36(54-39)26(44)18-51-7)55-38-33(48)32(47)35(53-38)25(43)17-50-6/h19-22,24-27,29-39,42-49H,8-18H2,1-7H3. The molecule has 0 aromatic rings. The normalized spacial score (nSPS) is 47.5. The van der Waals surface area contributed by atoms with E-state index in [4.69, 9.17) is 28.4 Å². The third-order valence-corrected chi connectivity index (χ3v) is 14.7. The summed E-state index contributed by atoms with van der Waals surface area (Å²) in [5.74, 6) is 0.579. The second kappa shape index (κ2) is 17.4. The topological polar surface area (TPSA) is 217 Å². The number of hydrogen-bond donors (Lipinski definition) is 8.